The number of benzene rings is 3. The number of aromatic amines is 1. The van der Waals surface area contributed by atoms with E-state index in [1.165, 1.54) is 12.1 Å². The van der Waals surface area contributed by atoms with Gasteiger partial charge in [0.15, 0.2) is 6.61 Å². The van der Waals surface area contributed by atoms with Crippen molar-refractivity contribution in [3.05, 3.63) is 103 Å². The average molecular weight is 646 g/mol. The van der Waals surface area contributed by atoms with Gasteiger partial charge in [-0.25, -0.2) is 4.90 Å². The van der Waals surface area contributed by atoms with Crippen molar-refractivity contribution in [1.29, 1.82) is 0 Å². The third kappa shape index (κ3) is 5.67. The molecule has 3 amide bonds. The maximum Gasteiger partial charge on any atom is 0.416 e. The van der Waals surface area contributed by atoms with Crippen LogP contribution in [0.3, 0.4) is 0 Å². The molecule has 2 N–H and O–H groups in total. The fourth-order valence-corrected chi connectivity index (χ4v) is 7.78. The van der Waals surface area contributed by atoms with Gasteiger partial charge in [0.1, 0.15) is 11.0 Å². The minimum absolute atomic E-state index is 0.0348. The molecule has 6 rings (SSSR count). The van der Waals surface area contributed by atoms with Crippen LogP contribution in [0.5, 0.6) is 5.75 Å². The molecule has 0 saturated carbocycles. The summed E-state index contributed by atoms with van der Waals surface area (Å²) < 4.78 is 44.7. The van der Waals surface area contributed by atoms with Crippen LogP contribution < -0.4 is 19.8 Å². The summed E-state index contributed by atoms with van der Waals surface area (Å²) in [5.74, 6) is -2.76. The smallest absolute Gasteiger partial charge is 0.416 e. The number of nitrogens with zero attached hydrogens (tertiary/aromatic N) is 1. The Morgan fingerprint density at radius 2 is 1.74 bits per heavy atom. The first-order valence-electron chi connectivity index (χ1n) is 12.7. The fraction of sp³-hybridized carbons (Fsp3) is 0.172. The Kier molecular flexibility index (Phi) is 7.57. The molecular weight excluding hydrogens is 627 g/mol. The van der Waals surface area contributed by atoms with Crippen LogP contribution in [0.2, 0.25) is 5.02 Å². The predicted octanol–water partition coefficient (Wildman–Crippen LogP) is 5.92. The molecule has 0 bridgehead atoms. The highest BCUT2D eigenvalue weighted by atomic mass is 35.5. The summed E-state index contributed by atoms with van der Waals surface area (Å²) in [4.78, 5) is 56.3. The van der Waals surface area contributed by atoms with Gasteiger partial charge in [-0.2, -0.15) is 13.2 Å². The van der Waals surface area contributed by atoms with Gasteiger partial charge in [-0.15, -0.1) is 0 Å². The van der Waals surface area contributed by atoms with Crippen molar-refractivity contribution in [3.8, 4) is 5.75 Å². The molecule has 4 aromatic rings. The van der Waals surface area contributed by atoms with Gasteiger partial charge in [-0.05, 0) is 60.2 Å². The number of thioether (sulfide) groups is 1. The molecule has 220 valence electrons. The first-order chi connectivity index (χ1) is 20.5. The Hall–Kier alpha value is -4.07. The second-order valence-electron chi connectivity index (χ2n) is 9.73. The zero-order valence-electron chi connectivity index (χ0n) is 21.7. The van der Waals surface area contributed by atoms with E-state index in [0.717, 1.165) is 40.1 Å². The van der Waals surface area contributed by atoms with E-state index >= 15 is 0 Å². The summed E-state index contributed by atoms with van der Waals surface area (Å²) in [6.45, 7) is -0.503. The lowest BCUT2D eigenvalue weighted by Crippen LogP contribution is -2.32. The van der Waals surface area contributed by atoms with Gasteiger partial charge in [0.2, 0.25) is 11.8 Å². The first kappa shape index (κ1) is 29.0. The zero-order valence-corrected chi connectivity index (χ0v) is 24.1. The van der Waals surface area contributed by atoms with Crippen LogP contribution in [0.4, 0.5) is 24.5 Å². The van der Waals surface area contributed by atoms with Crippen molar-refractivity contribution in [1.82, 2.24) is 4.98 Å². The third-order valence-electron chi connectivity index (χ3n) is 6.97. The number of halogens is 4. The van der Waals surface area contributed by atoms with Crippen molar-refractivity contribution in [2.75, 3.05) is 16.8 Å². The lowest BCUT2D eigenvalue weighted by molar-refractivity contribution is -0.137. The quantitative estimate of drug-likeness (QED) is 0.252. The maximum absolute atomic E-state index is 13.8. The summed E-state index contributed by atoms with van der Waals surface area (Å²) in [5.41, 5.74) is 0.0342. The number of nitrogens with one attached hydrogen (secondary N) is 2. The molecular formula is C29H19ClF3N3O5S2. The SMILES string of the molecule is O=C(COc1cccc([C@H]2c3sc(=O)[nH]c3SC3C(=O)N(c4ccc(Cl)cc4)C(=O)C32)c1)Nc1cccc(C(F)(F)F)c1. The summed E-state index contributed by atoms with van der Waals surface area (Å²) in [6, 6.07) is 17.2. The van der Waals surface area contributed by atoms with Crippen molar-refractivity contribution in [3.63, 3.8) is 0 Å². The van der Waals surface area contributed by atoms with Crippen molar-refractivity contribution < 1.29 is 32.3 Å². The lowest BCUT2D eigenvalue weighted by Gasteiger charge is -2.30. The van der Waals surface area contributed by atoms with Crippen LogP contribution in [-0.4, -0.2) is 34.6 Å². The number of H-pyrrole nitrogens is 1. The number of ether oxygens (including phenoxy) is 1. The molecule has 14 heteroatoms. The number of anilines is 2. The number of carbonyl (C=O) groups excluding carboxylic acids is 3. The number of amides is 3. The van der Waals surface area contributed by atoms with Gasteiger partial charge < -0.3 is 15.0 Å². The second-order valence-corrected chi connectivity index (χ2v) is 12.3. The van der Waals surface area contributed by atoms with E-state index in [0.29, 0.717) is 26.2 Å². The zero-order chi connectivity index (χ0) is 30.5. The topological polar surface area (TPSA) is 109 Å². The summed E-state index contributed by atoms with van der Waals surface area (Å²) in [7, 11) is 0. The molecule has 1 saturated heterocycles. The Labute approximate surface area is 254 Å². The van der Waals surface area contributed by atoms with Crippen molar-refractivity contribution in [2.45, 2.75) is 22.4 Å². The molecule has 3 atom stereocenters. The maximum atomic E-state index is 13.8. The Morgan fingerprint density at radius 3 is 2.49 bits per heavy atom. The molecule has 43 heavy (non-hydrogen) atoms. The minimum atomic E-state index is -4.56. The Morgan fingerprint density at radius 1 is 1.00 bits per heavy atom. The largest absolute Gasteiger partial charge is 0.484 e. The van der Waals surface area contributed by atoms with Gasteiger partial charge in [0.05, 0.1) is 22.2 Å². The Bertz CT molecular complexity index is 1810. The first-order valence-corrected chi connectivity index (χ1v) is 14.8. The van der Waals surface area contributed by atoms with Crippen molar-refractivity contribution in [2.24, 2.45) is 5.92 Å². The van der Waals surface area contributed by atoms with Crippen LogP contribution in [0.15, 0.2) is 82.6 Å². The van der Waals surface area contributed by atoms with Gasteiger partial charge in [-0.1, -0.05) is 52.9 Å². The highest BCUT2D eigenvalue weighted by Crippen LogP contribution is 2.53. The van der Waals surface area contributed by atoms with Gasteiger partial charge >= 0.3 is 11.0 Å². The highest BCUT2D eigenvalue weighted by Gasteiger charge is 2.56. The number of fused-ring (bicyclic) bond motifs is 2. The molecule has 0 spiro atoms. The minimum Gasteiger partial charge on any atom is -0.484 e. The monoisotopic (exact) mass is 645 g/mol. The van der Waals surface area contributed by atoms with Gasteiger partial charge in [-0.3, -0.25) is 19.2 Å². The van der Waals surface area contributed by atoms with E-state index in [1.807, 2.05) is 0 Å². The van der Waals surface area contributed by atoms with Crippen LogP contribution >= 0.6 is 34.7 Å². The third-order valence-corrected chi connectivity index (χ3v) is 9.62. The molecule has 8 nitrogen and oxygen atoms in total. The van der Waals surface area contributed by atoms with Crippen LogP contribution in [0.25, 0.3) is 0 Å². The lowest BCUT2D eigenvalue weighted by atomic mass is 9.83. The number of rotatable bonds is 6. The number of carbonyl (C=O) groups is 3. The van der Waals surface area contributed by atoms with Crippen LogP contribution in [-0.2, 0) is 20.6 Å². The molecule has 0 radical (unpaired) electrons. The molecule has 2 unspecified atom stereocenters. The highest BCUT2D eigenvalue weighted by molar-refractivity contribution is 8.00. The standard InChI is InChI=1S/C29H19ClF3N3O5S2/c30-16-7-9-18(10-8-16)36-26(38)22-21(23-25(35-28(40)43-23)42-24(22)27(36)39)14-3-1-6-19(11-14)41-13-20(37)34-17-5-2-4-15(12-17)29(31,32)33/h1-12,21-22,24H,13H2,(H,34,37)(H,35,40)/t21-,22?,24?/m1/s1. The van der Waals surface area contributed by atoms with E-state index < -0.39 is 53.2 Å². The number of hydrogen-bond acceptors (Lipinski definition) is 7. The Balaban J connectivity index is 1.25. The molecule has 1 fully saturated rings. The normalized spacial score (nSPS) is 19.6. The second kappa shape index (κ2) is 11.2. The van der Waals surface area contributed by atoms with E-state index in [-0.39, 0.29) is 16.3 Å². The molecule has 1 aromatic heterocycles. The number of aromatic nitrogens is 1. The van der Waals surface area contributed by atoms with Crippen molar-refractivity contribution >= 4 is 63.8 Å². The number of thiazole rings is 1. The van der Waals surface area contributed by atoms with Crippen LogP contribution in [0, 0.1) is 5.92 Å². The molecule has 0 aliphatic carbocycles. The van der Waals surface area contributed by atoms with E-state index in [9.17, 15) is 32.3 Å². The number of hydrogen-bond donors (Lipinski definition) is 2. The van der Waals surface area contributed by atoms with E-state index in [4.69, 9.17) is 16.3 Å². The molecule has 2 aliphatic rings. The summed E-state index contributed by atoms with van der Waals surface area (Å²) in [6.07, 6.45) is -4.56. The average Bonchev–Trinajstić information content (AvgIpc) is 3.46. The predicted molar refractivity (Wildman–Crippen MR) is 156 cm³/mol. The van der Waals surface area contributed by atoms with Gasteiger partial charge in [0, 0.05) is 21.5 Å². The number of alkyl halides is 3. The van der Waals surface area contributed by atoms with E-state index in [1.54, 1.807) is 48.5 Å². The molecule has 2 aliphatic heterocycles. The fourth-order valence-electron chi connectivity index (χ4n) is 5.14. The molecule has 3 aromatic carbocycles. The molecule has 3 heterocycles. The van der Waals surface area contributed by atoms with E-state index in [2.05, 4.69) is 10.3 Å². The summed E-state index contributed by atoms with van der Waals surface area (Å²) >= 11 is 8.10. The van der Waals surface area contributed by atoms with Gasteiger partial charge in [0.25, 0.3) is 5.91 Å². The van der Waals surface area contributed by atoms with Crippen LogP contribution in [0.1, 0.15) is 21.9 Å². The summed E-state index contributed by atoms with van der Waals surface area (Å²) in [5, 5.41) is 2.54. The number of imide groups is 1.